The van der Waals surface area contributed by atoms with E-state index in [1.54, 1.807) is 30.6 Å². The second-order valence-electron chi connectivity index (χ2n) is 1.47. The molecule has 0 atom stereocenters. The van der Waals surface area contributed by atoms with Gasteiger partial charge in [0.1, 0.15) is 0 Å². The van der Waals surface area contributed by atoms with Crippen molar-refractivity contribution in [2.45, 2.75) is 0 Å². The number of hydrogen-bond donors (Lipinski definition) is 0. The maximum Gasteiger partial charge on any atom is 1.00 e. The third kappa shape index (κ3) is 2.61. The smallest absolute Gasteiger partial charge is 0.376 e. The summed E-state index contributed by atoms with van der Waals surface area (Å²) in [6.45, 7) is 0. The zero-order chi connectivity index (χ0) is 5.82. The van der Waals surface area contributed by atoms with Crippen LogP contribution in [0.2, 0.25) is 0 Å². The second kappa shape index (κ2) is 4.50. The Labute approximate surface area is 69.6 Å². The third-order valence-corrected chi connectivity index (χ3v) is 0.892. The SMILES string of the molecule is O=[C-]c1ccccc1.[Ag+]. The van der Waals surface area contributed by atoms with Gasteiger partial charge in [-0.25, -0.2) is 0 Å². The quantitative estimate of drug-likeness (QED) is 0.505. The summed E-state index contributed by atoms with van der Waals surface area (Å²) in [4.78, 5) is 9.88. The minimum absolute atomic E-state index is 0. The first-order valence-electron chi connectivity index (χ1n) is 2.36. The Kier molecular flexibility index (Phi) is 4.32. The van der Waals surface area contributed by atoms with Gasteiger partial charge in [0.25, 0.3) is 0 Å². The molecule has 1 aromatic carbocycles. The minimum Gasteiger partial charge on any atom is -0.376 e. The van der Waals surface area contributed by atoms with E-state index in [1.165, 1.54) is 0 Å². The van der Waals surface area contributed by atoms with E-state index in [0.717, 1.165) is 0 Å². The molecular weight excluding hydrogens is 208 g/mol. The van der Waals surface area contributed by atoms with Crippen molar-refractivity contribution in [1.82, 2.24) is 0 Å². The van der Waals surface area contributed by atoms with E-state index in [0.29, 0.717) is 5.56 Å². The summed E-state index contributed by atoms with van der Waals surface area (Å²) >= 11 is 0. The second-order valence-corrected chi connectivity index (χ2v) is 1.47. The van der Waals surface area contributed by atoms with E-state index in [9.17, 15) is 4.79 Å². The van der Waals surface area contributed by atoms with Gasteiger partial charge in [0.2, 0.25) is 0 Å². The van der Waals surface area contributed by atoms with Crippen molar-refractivity contribution >= 4 is 6.29 Å². The fourth-order valence-corrected chi connectivity index (χ4v) is 0.506. The van der Waals surface area contributed by atoms with Crippen LogP contribution in [0, 0.1) is 0 Å². The van der Waals surface area contributed by atoms with Gasteiger partial charge in [-0.15, -0.1) is 12.1 Å². The van der Waals surface area contributed by atoms with Gasteiger partial charge in [0, 0.05) is 0 Å². The van der Waals surface area contributed by atoms with Gasteiger partial charge in [0.05, 0.1) is 6.29 Å². The number of rotatable bonds is 1. The van der Waals surface area contributed by atoms with Crippen LogP contribution in [0.3, 0.4) is 0 Å². The van der Waals surface area contributed by atoms with Crippen molar-refractivity contribution in [3.05, 3.63) is 35.9 Å². The van der Waals surface area contributed by atoms with E-state index in [-0.39, 0.29) is 22.4 Å². The van der Waals surface area contributed by atoms with Crippen molar-refractivity contribution in [2.24, 2.45) is 0 Å². The van der Waals surface area contributed by atoms with Gasteiger partial charge in [-0.3, -0.25) is 0 Å². The van der Waals surface area contributed by atoms with Crippen LogP contribution in [0.4, 0.5) is 0 Å². The Morgan fingerprint density at radius 2 is 1.67 bits per heavy atom. The maximum absolute atomic E-state index is 9.88. The summed E-state index contributed by atoms with van der Waals surface area (Å²) in [6, 6.07) is 8.90. The van der Waals surface area contributed by atoms with Gasteiger partial charge in [0.15, 0.2) is 0 Å². The van der Waals surface area contributed by atoms with E-state index in [4.69, 9.17) is 0 Å². The summed E-state index contributed by atoms with van der Waals surface area (Å²) in [5, 5.41) is 0. The molecule has 0 saturated heterocycles. The fourth-order valence-electron chi connectivity index (χ4n) is 0.506. The van der Waals surface area contributed by atoms with Crippen LogP contribution in [0.25, 0.3) is 0 Å². The van der Waals surface area contributed by atoms with Crippen molar-refractivity contribution in [3.63, 3.8) is 0 Å². The van der Waals surface area contributed by atoms with Gasteiger partial charge in [-0.05, 0) is 0 Å². The largest absolute Gasteiger partial charge is 1.00 e. The fraction of sp³-hybridized carbons (Fsp3) is 0. The van der Waals surface area contributed by atoms with Gasteiger partial charge in [-0.2, -0.15) is 17.7 Å². The molecule has 1 rings (SSSR count). The zero-order valence-corrected chi connectivity index (χ0v) is 6.08. The molecule has 1 aromatic rings. The van der Waals surface area contributed by atoms with Crippen LogP contribution in [0.5, 0.6) is 0 Å². The van der Waals surface area contributed by atoms with Gasteiger partial charge >= 0.3 is 22.4 Å². The van der Waals surface area contributed by atoms with Crippen LogP contribution in [-0.4, -0.2) is 6.29 Å². The molecule has 0 heterocycles. The first kappa shape index (κ1) is 8.63. The zero-order valence-electron chi connectivity index (χ0n) is 4.60. The first-order valence-corrected chi connectivity index (χ1v) is 2.36. The van der Waals surface area contributed by atoms with E-state index in [2.05, 4.69) is 0 Å². The van der Waals surface area contributed by atoms with Gasteiger partial charge in [-0.1, -0.05) is 6.07 Å². The van der Waals surface area contributed by atoms with Crippen molar-refractivity contribution < 1.29 is 27.2 Å². The Balaban J connectivity index is 0.000000640. The molecule has 0 unspecified atom stereocenters. The summed E-state index contributed by atoms with van der Waals surface area (Å²) in [7, 11) is 0. The summed E-state index contributed by atoms with van der Waals surface area (Å²) in [5.41, 5.74) is 0.604. The topological polar surface area (TPSA) is 17.1 Å². The summed E-state index contributed by atoms with van der Waals surface area (Å²) in [5.74, 6) is 0. The van der Waals surface area contributed by atoms with Crippen LogP contribution in [0.1, 0.15) is 5.56 Å². The molecule has 9 heavy (non-hydrogen) atoms. The molecular formula is C7H5AgO. The van der Waals surface area contributed by atoms with E-state index in [1.807, 2.05) is 6.07 Å². The van der Waals surface area contributed by atoms with Crippen LogP contribution in [0.15, 0.2) is 30.3 Å². The molecule has 0 N–H and O–H groups in total. The molecule has 2 heteroatoms. The van der Waals surface area contributed by atoms with Crippen LogP contribution >= 0.6 is 0 Å². The molecule has 0 fully saturated rings. The monoisotopic (exact) mass is 212 g/mol. The standard InChI is InChI=1S/C7H5O.Ag/c8-6-7-4-2-1-3-5-7;/h1-5H;/q-1;+1. The Morgan fingerprint density at radius 3 is 2.00 bits per heavy atom. The predicted molar refractivity (Wildman–Crippen MR) is 31.2 cm³/mol. The Morgan fingerprint density at radius 1 is 1.11 bits per heavy atom. The Bertz CT molecular complexity index is 172. The molecule has 0 saturated carbocycles. The number of benzene rings is 1. The van der Waals surface area contributed by atoms with Crippen molar-refractivity contribution in [2.75, 3.05) is 0 Å². The average molecular weight is 213 g/mol. The molecule has 0 spiro atoms. The molecule has 0 bridgehead atoms. The average Bonchev–Trinajstić information content (AvgIpc) is 1.90. The van der Waals surface area contributed by atoms with E-state index < -0.39 is 0 Å². The third-order valence-electron chi connectivity index (χ3n) is 0.892. The molecule has 0 aliphatic carbocycles. The molecule has 0 radical (unpaired) electrons. The van der Waals surface area contributed by atoms with Crippen LogP contribution < -0.4 is 0 Å². The molecule has 0 aliphatic heterocycles. The minimum atomic E-state index is 0. The summed E-state index contributed by atoms with van der Waals surface area (Å²) in [6.07, 6.45) is 1.78. The number of carbonyl (C=O) groups excluding carboxylic acids is 1. The maximum atomic E-state index is 9.88. The normalized spacial score (nSPS) is 7.56. The molecule has 0 aromatic heterocycles. The molecule has 50 valence electrons. The van der Waals surface area contributed by atoms with Crippen LogP contribution in [-0.2, 0) is 27.2 Å². The molecule has 0 aliphatic rings. The molecule has 0 amide bonds. The van der Waals surface area contributed by atoms with Crippen molar-refractivity contribution in [1.29, 1.82) is 0 Å². The summed E-state index contributed by atoms with van der Waals surface area (Å²) < 4.78 is 0. The predicted octanol–water partition coefficient (Wildman–Crippen LogP) is 1.14. The first-order chi connectivity index (χ1) is 3.93. The Hall–Kier alpha value is -0.370. The molecule has 1 nitrogen and oxygen atoms in total. The van der Waals surface area contributed by atoms with Gasteiger partial charge < -0.3 is 4.79 Å². The van der Waals surface area contributed by atoms with Crippen molar-refractivity contribution in [3.8, 4) is 0 Å². The van der Waals surface area contributed by atoms with E-state index >= 15 is 0 Å². The number of hydrogen-bond acceptors (Lipinski definition) is 1.